The number of dihydropyridines is 1. The van der Waals surface area contributed by atoms with Gasteiger partial charge in [0, 0.05) is 31.8 Å². The van der Waals surface area contributed by atoms with E-state index in [1.165, 1.54) is 11.0 Å². The first-order valence-electron chi connectivity index (χ1n) is 23.0. The predicted molar refractivity (Wildman–Crippen MR) is 233 cm³/mol. The van der Waals surface area contributed by atoms with Gasteiger partial charge in [-0.05, 0) is 76.0 Å². The highest BCUT2D eigenvalue weighted by Crippen LogP contribution is 2.47. The van der Waals surface area contributed by atoms with E-state index in [1.807, 2.05) is 43.9 Å². The average molecular weight is 893 g/mol. The van der Waals surface area contributed by atoms with Crippen molar-refractivity contribution in [1.29, 1.82) is 0 Å². The van der Waals surface area contributed by atoms with Crippen LogP contribution in [0.2, 0.25) is 0 Å². The highest BCUT2D eigenvalue weighted by molar-refractivity contribution is 7.91. The van der Waals surface area contributed by atoms with E-state index in [1.54, 1.807) is 6.92 Å². The Labute approximate surface area is 370 Å². The van der Waals surface area contributed by atoms with Crippen molar-refractivity contribution < 1.29 is 46.6 Å². The number of rotatable bonds is 11. The molecule has 17 heteroatoms. The molecule has 16 nitrogen and oxygen atoms in total. The maximum Gasteiger partial charge on any atom is 0.408 e. The van der Waals surface area contributed by atoms with E-state index in [2.05, 4.69) is 28.0 Å². The second-order valence-corrected chi connectivity index (χ2v) is 22.3. The Balaban J connectivity index is 1.10. The van der Waals surface area contributed by atoms with E-state index in [-0.39, 0.29) is 49.3 Å². The van der Waals surface area contributed by atoms with E-state index in [4.69, 9.17) is 19.2 Å². The van der Waals surface area contributed by atoms with E-state index in [0.29, 0.717) is 51.2 Å². The summed E-state index contributed by atoms with van der Waals surface area (Å²) >= 11 is 0. The van der Waals surface area contributed by atoms with Crippen molar-refractivity contribution in [2.24, 2.45) is 28.2 Å². The Kier molecular flexibility index (Phi) is 12.4. The van der Waals surface area contributed by atoms with Crippen LogP contribution in [0.25, 0.3) is 0 Å². The van der Waals surface area contributed by atoms with Gasteiger partial charge in [0.05, 0.1) is 35.4 Å². The van der Waals surface area contributed by atoms with Crippen LogP contribution in [0.1, 0.15) is 111 Å². The third-order valence-electron chi connectivity index (χ3n) is 14.2. The fraction of sp³-hybridized carbons (Fsp3) is 0.696. The van der Waals surface area contributed by atoms with Gasteiger partial charge >= 0.3 is 6.09 Å². The molecule has 4 aliphatic carbocycles. The Morgan fingerprint density at radius 3 is 2.54 bits per heavy atom. The number of allylic oxidation sites excluding steroid dienone is 2. The number of ether oxygens (including phenoxy) is 3. The molecule has 0 radical (unpaired) electrons. The summed E-state index contributed by atoms with van der Waals surface area (Å²) in [5, 5.41) is 5.69. The number of carbonyl (C=O) groups excluding carboxylic acids is 5. The summed E-state index contributed by atoms with van der Waals surface area (Å²) in [5.74, 6) is -1.17. The molecular weight excluding hydrogens is 829 g/mol. The maximum atomic E-state index is 14.9. The molecule has 3 saturated carbocycles. The van der Waals surface area contributed by atoms with Gasteiger partial charge in [-0.25, -0.2) is 18.2 Å². The van der Waals surface area contributed by atoms with Gasteiger partial charge in [0.15, 0.2) is 0 Å². The lowest BCUT2D eigenvalue weighted by molar-refractivity contribution is -0.142. The Morgan fingerprint density at radius 1 is 1.06 bits per heavy atom. The van der Waals surface area contributed by atoms with Gasteiger partial charge < -0.3 is 34.6 Å². The van der Waals surface area contributed by atoms with Crippen LogP contribution in [0.3, 0.4) is 0 Å². The summed E-state index contributed by atoms with van der Waals surface area (Å²) in [6, 6.07) is -2.58. The SMILES string of the molecule is C=C[C@@H]1C[C@]1(NC(=O)[C@@H]1C[C@@H]2CN1C(=O)[C@H](C(C)(C)C)NC(=O)O[C@@H]1CC1CCCCCC1=C(OCCCN3CCCC3=O)C3C=CC=CC3N=C1O2)C(=O)NS(=O)(=O)C1(C)CC1. The van der Waals surface area contributed by atoms with Gasteiger partial charge in [0.25, 0.3) is 5.91 Å². The number of amides is 5. The van der Waals surface area contributed by atoms with Gasteiger partial charge in [0.1, 0.15) is 35.6 Å². The minimum absolute atomic E-state index is 0.0195. The summed E-state index contributed by atoms with van der Waals surface area (Å²) in [6.07, 6.45) is 15.9. The quantitative estimate of drug-likeness (QED) is 0.198. The minimum atomic E-state index is -4.02. The number of nitrogens with one attached hydrogen (secondary N) is 3. The van der Waals surface area contributed by atoms with Crippen LogP contribution in [0, 0.1) is 23.2 Å². The molecule has 4 aliphatic heterocycles. The minimum Gasteiger partial charge on any atom is -0.497 e. The molecule has 6 fully saturated rings. The van der Waals surface area contributed by atoms with Crippen molar-refractivity contribution in [3.05, 3.63) is 48.3 Å². The Bertz CT molecular complexity index is 2120. The predicted octanol–water partition coefficient (Wildman–Crippen LogP) is 4.33. The number of likely N-dealkylation sites (tertiary alicyclic amines) is 1. The van der Waals surface area contributed by atoms with Gasteiger partial charge in [-0.1, -0.05) is 64.0 Å². The first-order valence-corrected chi connectivity index (χ1v) is 24.4. The zero-order valence-electron chi connectivity index (χ0n) is 37.1. The fourth-order valence-electron chi connectivity index (χ4n) is 9.68. The van der Waals surface area contributed by atoms with E-state index in [9.17, 15) is 32.4 Å². The van der Waals surface area contributed by atoms with Crippen LogP contribution in [0.5, 0.6) is 0 Å². The summed E-state index contributed by atoms with van der Waals surface area (Å²) < 4.78 is 46.9. The van der Waals surface area contributed by atoms with Crippen molar-refractivity contribution in [3.8, 4) is 0 Å². The molecule has 4 heterocycles. The van der Waals surface area contributed by atoms with Crippen molar-refractivity contribution in [3.63, 3.8) is 0 Å². The van der Waals surface area contributed by atoms with Gasteiger partial charge in [-0.15, -0.1) is 6.58 Å². The van der Waals surface area contributed by atoms with Crippen LogP contribution in [-0.2, 0) is 43.4 Å². The number of aliphatic imine (C=N–C) groups is 1. The third-order valence-corrected chi connectivity index (χ3v) is 16.4. The van der Waals surface area contributed by atoms with Crippen LogP contribution in [0.4, 0.5) is 4.79 Å². The lowest BCUT2D eigenvalue weighted by atomic mass is 9.85. The summed E-state index contributed by atoms with van der Waals surface area (Å²) in [5.41, 5.74) is -1.57. The number of hydrogen-bond donors (Lipinski definition) is 3. The average Bonchev–Trinajstić information content (AvgIpc) is 4.19. The second kappa shape index (κ2) is 17.4. The molecule has 3 unspecified atom stereocenters. The zero-order chi connectivity index (χ0) is 44.9. The second-order valence-electron chi connectivity index (χ2n) is 20.1. The normalized spacial score (nSPS) is 33.8. The molecular formula is C46H64N6O10S. The van der Waals surface area contributed by atoms with Gasteiger partial charge in [0.2, 0.25) is 33.6 Å². The molecule has 8 aliphatic rings. The number of carbonyl (C=O) groups is 5. The van der Waals surface area contributed by atoms with E-state index >= 15 is 0 Å². The zero-order valence-corrected chi connectivity index (χ0v) is 37.9. The standard InChI is InChI=1S/C46H64N6O10S/c1-6-29-26-46(29,42(56)50-63(58,59)45(5)19-20-45)49-39(54)34-25-30-27-52(34)41(55)38(44(2,3)4)48-43(57)62-35-24-28(35)14-8-7-9-16-32-37(60-23-13-22-51-21-12-18-36(51)53)31-15-10-11-17-33(31)47-40(32)61-30/h6,10-11,15,17,28-31,33-35,38H,1,7-9,12-14,16,18-27H2,2-5H3,(H,48,57)(H,49,54)(H,50,56)/t28?,29-,30-,31?,33?,34+,35-,38-,46-/m1/s1. The Morgan fingerprint density at radius 2 is 1.84 bits per heavy atom. The van der Waals surface area contributed by atoms with Crippen LogP contribution in [-0.4, -0.2) is 121 Å². The largest absolute Gasteiger partial charge is 0.497 e. The molecule has 0 aromatic rings. The molecule has 2 bridgehead atoms. The van der Waals surface area contributed by atoms with E-state index < -0.39 is 73.6 Å². The highest BCUT2D eigenvalue weighted by atomic mass is 32.2. The summed E-state index contributed by atoms with van der Waals surface area (Å²) in [4.78, 5) is 77.5. The lowest BCUT2D eigenvalue weighted by Crippen LogP contribution is -2.60. The van der Waals surface area contributed by atoms with Gasteiger partial charge in [-0.3, -0.25) is 23.9 Å². The number of hydrogen-bond acceptors (Lipinski definition) is 11. The summed E-state index contributed by atoms with van der Waals surface area (Å²) in [7, 11) is -4.02. The number of fused-ring (bicyclic) bond motifs is 5. The molecule has 344 valence electrons. The molecule has 9 atom stereocenters. The third kappa shape index (κ3) is 9.44. The van der Waals surface area contributed by atoms with Crippen molar-refractivity contribution in [1.82, 2.24) is 25.2 Å². The molecule has 0 spiro atoms. The summed E-state index contributed by atoms with van der Waals surface area (Å²) in [6.45, 7) is 12.6. The van der Waals surface area contributed by atoms with Crippen LogP contribution in [0.15, 0.2) is 53.3 Å². The topological polar surface area (TPSA) is 202 Å². The fourth-order valence-corrected chi connectivity index (χ4v) is 11.0. The van der Waals surface area contributed by atoms with Crippen molar-refractivity contribution in [2.75, 3.05) is 26.2 Å². The smallest absolute Gasteiger partial charge is 0.408 e. The number of sulfonamides is 1. The van der Waals surface area contributed by atoms with Crippen LogP contribution >= 0.6 is 0 Å². The molecule has 0 aromatic carbocycles. The molecule has 5 amide bonds. The van der Waals surface area contributed by atoms with Crippen LogP contribution < -0.4 is 15.4 Å². The van der Waals surface area contributed by atoms with Crippen molar-refractivity contribution in [2.45, 2.75) is 152 Å². The first-order chi connectivity index (χ1) is 29.9. The first kappa shape index (κ1) is 44.9. The van der Waals surface area contributed by atoms with Crippen molar-refractivity contribution >= 4 is 45.6 Å². The van der Waals surface area contributed by atoms with E-state index in [0.717, 1.165) is 56.4 Å². The Hall–Kier alpha value is -4.67. The molecule has 8 rings (SSSR count). The molecule has 3 N–H and O–H groups in total. The molecule has 63 heavy (non-hydrogen) atoms. The van der Waals surface area contributed by atoms with Gasteiger partial charge in [-0.2, -0.15) is 0 Å². The maximum absolute atomic E-state index is 14.9. The molecule has 0 aromatic heterocycles. The molecule has 3 saturated heterocycles. The highest BCUT2D eigenvalue weighted by Gasteiger charge is 2.63. The number of nitrogens with zero attached hydrogens (tertiary/aromatic N) is 3. The monoisotopic (exact) mass is 892 g/mol. The number of alkyl carbamates (subject to hydrolysis) is 1. The lowest BCUT2D eigenvalue weighted by Gasteiger charge is -2.35.